The van der Waals surface area contributed by atoms with Crippen molar-refractivity contribution in [3.05, 3.63) is 35.4 Å². The molecule has 0 bridgehead atoms. The molecule has 0 aromatic carbocycles. The van der Waals surface area contributed by atoms with Crippen LogP contribution in [0.4, 0.5) is 0 Å². The quantitative estimate of drug-likeness (QED) is 0.380. The van der Waals surface area contributed by atoms with E-state index in [2.05, 4.69) is 6.58 Å². The molecule has 0 heterocycles. The van der Waals surface area contributed by atoms with Crippen molar-refractivity contribution in [1.29, 1.82) is 0 Å². The van der Waals surface area contributed by atoms with Crippen LogP contribution >= 0.6 is 23.2 Å². The number of carbonyl (C=O) groups excluding carboxylic acids is 1. The van der Waals surface area contributed by atoms with Crippen molar-refractivity contribution >= 4 is 28.4 Å². The van der Waals surface area contributed by atoms with Crippen LogP contribution in [0.3, 0.4) is 0 Å². The summed E-state index contributed by atoms with van der Waals surface area (Å²) in [6.07, 6.45) is 4.63. The minimum Gasteiger partial charge on any atom is -0.276 e. The Balaban J connectivity index is 4.34. The molecular formula is C8H8Cl2O. The van der Waals surface area contributed by atoms with Gasteiger partial charge in [0, 0.05) is 10.6 Å². The van der Waals surface area contributed by atoms with E-state index in [1.165, 1.54) is 12.2 Å². The Morgan fingerprint density at radius 1 is 1.36 bits per heavy atom. The van der Waals surface area contributed by atoms with Crippen LogP contribution in [0.25, 0.3) is 0 Å². The lowest BCUT2D eigenvalue weighted by atomic mass is 10.2. The molecule has 0 N–H and O–H groups in total. The third-order valence-electron chi connectivity index (χ3n) is 0.982. The molecule has 11 heavy (non-hydrogen) atoms. The summed E-state index contributed by atoms with van der Waals surface area (Å²) in [7, 11) is 0. The van der Waals surface area contributed by atoms with Gasteiger partial charge in [0.2, 0.25) is 0 Å². The lowest BCUT2D eigenvalue weighted by Crippen LogP contribution is -1.87. The van der Waals surface area contributed by atoms with Crippen LogP contribution in [0.5, 0.6) is 0 Å². The number of carbonyl (C=O) groups is 1. The Kier molecular flexibility index (Phi) is 4.92. The van der Waals surface area contributed by atoms with E-state index in [1.807, 2.05) is 0 Å². The van der Waals surface area contributed by atoms with Crippen molar-refractivity contribution in [2.24, 2.45) is 0 Å². The minimum atomic E-state index is -0.498. The van der Waals surface area contributed by atoms with Crippen molar-refractivity contribution < 1.29 is 4.79 Å². The van der Waals surface area contributed by atoms with Crippen LogP contribution in [0, 0.1) is 0 Å². The maximum Gasteiger partial charge on any atom is 0.252 e. The number of hydrogen-bond donors (Lipinski definition) is 0. The number of allylic oxidation sites excluding steroid dienone is 5. The average molecular weight is 191 g/mol. The van der Waals surface area contributed by atoms with Crippen molar-refractivity contribution in [2.75, 3.05) is 0 Å². The first kappa shape index (κ1) is 10.5. The van der Waals surface area contributed by atoms with E-state index in [0.29, 0.717) is 10.6 Å². The van der Waals surface area contributed by atoms with Crippen molar-refractivity contribution in [3.8, 4) is 0 Å². The molecular weight excluding hydrogens is 183 g/mol. The normalized spacial score (nSPS) is 12.1. The summed E-state index contributed by atoms with van der Waals surface area (Å²) in [6, 6.07) is 0. The molecule has 0 fully saturated rings. The summed E-state index contributed by atoms with van der Waals surface area (Å²) in [6.45, 7) is 5.14. The zero-order chi connectivity index (χ0) is 8.85. The van der Waals surface area contributed by atoms with Gasteiger partial charge in [0.1, 0.15) is 0 Å². The van der Waals surface area contributed by atoms with E-state index in [1.54, 1.807) is 13.0 Å². The Morgan fingerprint density at radius 3 is 2.18 bits per heavy atom. The summed E-state index contributed by atoms with van der Waals surface area (Å²) >= 11 is 10.6. The van der Waals surface area contributed by atoms with Gasteiger partial charge in [0.25, 0.3) is 5.24 Å². The van der Waals surface area contributed by atoms with Crippen LogP contribution < -0.4 is 0 Å². The highest BCUT2D eigenvalue weighted by Crippen LogP contribution is 2.06. The molecule has 3 heteroatoms. The highest BCUT2D eigenvalue weighted by molar-refractivity contribution is 6.68. The predicted octanol–water partition coefficient (Wildman–Crippen LogP) is 3.01. The lowest BCUT2D eigenvalue weighted by molar-refractivity contribution is -0.108. The Hall–Kier alpha value is -0.530. The van der Waals surface area contributed by atoms with Gasteiger partial charge in [-0.1, -0.05) is 24.3 Å². The largest absolute Gasteiger partial charge is 0.276 e. The fourth-order valence-electron chi connectivity index (χ4n) is 0.455. The van der Waals surface area contributed by atoms with Crippen molar-refractivity contribution in [2.45, 2.75) is 6.92 Å². The maximum absolute atomic E-state index is 10.6. The zero-order valence-electron chi connectivity index (χ0n) is 6.10. The van der Waals surface area contributed by atoms with E-state index >= 15 is 0 Å². The van der Waals surface area contributed by atoms with Gasteiger partial charge in [0.15, 0.2) is 0 Å². The zero-order valence-corrected chi connectivity index (χ0v) is 7.62. The molecule has 60 valence electrons. The molecule has 0 spiro atoms. The van der Waals surface area contributed by atoms with Crippen LogP contribution in [-0.4, -0.2) is 5.24 Å². The molecule has 0 aliphatic heterocycles. The average Bonchev–Trinajstić information content (AvgIpc) is 1.87. The van der Waals surface area contributed by atoms with Gasteiger partial charge in [-0.15, -0.1) is 0 Å². The highest BCUT2D eigenvalue weighted by Gasteiger charge is 1.98. The van der Waals surface area contributed by atoms with Gasteiger partial charge in [-0.25, -0.2) is 0 Å². The van der Waals surface area contributed by atoms with Crippen molar-refractivity contribution in [3.63, 3.8) is 0 Å². The van der Waals surface area contributed by atoms with E-state index in [4.69, 9.17) is 23.2 Å². The summed E-state index contributed by atoms with van der Waals surface area (Å²) in [4.78, 5) is 10.6. The highest BCUT2D eigenvalue weighted by atomic mass is 35.5. The number of rotatable bonds is 3. The van der Waals surface area contributed by atoms with E-state index in [0.717, 1.165) is 0 Å². The first-order valence-corrected chi connectivity index (χ1v) is 3.72. The molecule has 0 radical (unpaired) electrons. The maximum atomic E-state index is 10.6. The second-order valence-corrected chi connectivity index (χ2v) is 2.63. The molecule has 0 rings (SSSR count). The molecule has 0 amide bonds. The molecule has 0 saturated carbocycles. The Labute approximate surface area is 76.0 Å². The minimum absolute atomic E-state index is 0.363. The first-order valence-electron chi connectivity index (χ1n) is 2.96. The van der Waals surface area contributed by atoms with Gasteiger partial charge in [-0.2, -0.15) is 0 Å². The fourth-order valence-corrected chi connectivity index (χ4v) is 0.691. The molecule has 0 aromatic rings. The summed E-state index contributed by atoms with van der Waals surface area (Å²) < 4.78 is 0. The van der Waals surface area contributed by atoms with Crippen LogP contribution in [0.15, 0.2) is 35.4 Å². The summed E-state index contributed by atoms with van der Waals surface area (Å²) in [5, 5.41) is -0.135. The third-order valence-corrected chi connectivity index (χ3v) is 1.33. The molecule has 0 unspecified atom stereocenters. The molecule has 0 aromatic heterocycles. The molecule has 1 nitrogen and oxygen atoms in total. The monoisotopic (exact) mass is 190 g/mol. The van der Waals surface area contributed by atoms with Crippen molar-refractivity contribution in [1.82, 2.24) is 0 Å². The Morgan fingerprint density at radius 2 is 1.91 bits per heavy atom. The van der Waals surface area contributed by atoms with Crippen LogP contribution in [-0.2, 0) is 4.79 Å². The van der Waals surface area contributed by atoms with Crippen LogP contribution in [0.1, 0.15) is 6.92 Å². The molecule has 0 aliphatic rings. The number of hydrogen-bond acceptors (Lipinski definition) is 1. The van der Waals surface area contributed by atoms with E-state index in [-0.39, 0.29) is 0 Å². The van der Waals surface area contributed by atoms with Gasteiger partial charge >= 0.3 is 0 Å². The van der Waals surface area contributed by atoms with Crippen LogP contribution in [0.2, 0.25) is 0 Å². The first-order chi connectivity index (χ1) is 5.07. The van der Waals surface area contributed by atoms with Gasteiger partial charge in [-0.05, 0) is 30.7 Å². The van der Waals surface area contributed by atoms with E-state index in [9.17, 15) is 4.79 Å². The number of halogens is 2. The van der Waals surface area contributed by atoms with Gasteiger partial charge in [0.05, 0.1) is 0 Å². The molecule has 0 atom stereocenters. The summed E-state index contributed by atoms with van der Waals surface area (Å²) in [5.41, 5.74) is 0.411. The summed E-state index contributed by atoms with van der Waals surface area (Å²) in [5.74, 6) is 0. The second-order valence-electron chi connectivity index (χ2n) is 1.80. The Bertz CT molecular complexity index is 226. The smallest absolute Gasteiger partial charge is 0.252 e. The fraction of sp³-hybridized carbons (Fsp3) is 0.125. The SMILES string of the molecule is C=C(Cl)/C=C\C(=C/C)C(=O)Cl. The predicted molar refractivity (Wildman–Crippen MR) is 48.8 cm³/mol. The standard InChI is InChI=1S/C8H8Cl2O/c1-3-7(8(10)11)5-4-6(2)9/h3-5H,2H2,1H3/b5-4-,7-3+. The third kappa shape index (κ3) is 4.82. The van der Waals surface area contributed by atoms with Gasteiger partial charge in [-0.3, -0.25) is 4.79 Å². The molecule has 0 aliphatic carbocycles. The second kappa shape index (κ2) is 5.16. The lowest BCUT2D eigenvalue weighted by Gasteiger charge is -1.89. The topological polar surface area (TPSA) is 17.1 Å². The van der Waals surface area contributed by atoms with E-state index < -0.39 is 5.24 Å². The molecule has 0 saturated heterocycles. The van der Waals surface area contributed by atoms with Gasteiger partial charge < -0.3 is 0 Å².